The first-order chi connectivity index (χ1) is 10.0. The molecule has 2 aromatic rings. The van der Waals surface area contributed by atoms with Crippen molar-refractivity contribution in [2.45, 2.75) is 26.1 Å². The van der Waals surface area contributed by atoms with Gasteiger partial charge in [0, 0.05) is 23.2 Å². The fourth-order valence-electron chi connectivity index (χ4n) is 2.15. The molecule has 0 radical (unpaired) electrons. The van der Waals surface area contributed by atoms with Crippen molar-refractivity contribution >= 4 is 23.2 Å². The van der Waals surface area contributed by atoms with Crippen LogP contribution < -0.4 is 5.32 Å². The highest BCUT2D eigenvalue weighted by Crippen LogP contribution is 2.32. The Kier molecular flexibility index (Phi) is 5.59. The van der Waals surface area contributed by atoms with Crippen LogP contribution in [0.4, 0.5) is 4.39 Å². The molecule has 0 spiro atoms. The van der Waals surface area contributed by atoms with Crippen LogP contribution in [-0.2, 0) is 13.2 Å². The van der Waals surface area contributed by atoms with E-state index in [9.17, 15) is 4.39 Å². The van der Waals surface area contributed by atoms with E-state index < -0.39 is 5.82 Å². The van der Waals surface area contributed by atoms with E-state index in [0.717, 1.165) is 11.1 Å². The molecule has 1 unspecified atom stereocenters. The van der Waals surface area contributed by atoms with Gasteiger partial charge < -0.3 is 10.4 Å². The summed E-state index contributed by atoms with van der Waals surface area (Å²) in [4.78, 5) is 0. The fourth-order valence-corrected chi connectivity index (χ4v) is 2.85. The third-order valence-corrected chi connectivity index (χ3v) is 4.01. The third-order valence-electron chi connectivity index (χ3n) is 3.30. The molecule has 0 saturated carbocycles. The number of nitrogens with one attached hydrogen (secondary N) is 1. The number of benzene rings is 2. The van der Waals surface area contributed by atoms with Crippen molar-refractivity contribution < 1.29 is 9.50 Å². The van der Waals surface area contributed by atoms with Crippen LogP contribution in [-0.4, -0.2) is 5.11 Å². The highest BCUT2D eigenvalue weighted by atomic mass is 35.5. The molecular formula is C16H16Cl2FNO. The molecule has 112 valence electrons. The molecule has 0 aliphatic heterocycles. The van der Waals surface area contributed by atoms with E-state index in [1.807, 2.05) is 31.2 Å². The monoisotopic (exact) mass is 327 g/mol. The van der Waals surface area contributed by atoms with Crippen molar-refractivity contribution in [3.63, 3.8) is 0 Å². The zero-order valence-corrected chi connectivity index (χ0v) is 13.0. The minimum absolute atomic E-state index is 0.00491. The predicted molar refractivity (Wildman–Crippen MR) is 84.0 cm³/mol. The van der Waals surface area contributed by atoms with Gasteiger partial charge in [-0.1, -0.05) is 47.5 Å². The van der Waals surface area contributed by atoms with Gasteiger partial charge in [-0.15, -0.1) is 0 Å². The lowest BCUT2D eigenvalue weighted by Gasteiger charge is -2.18. The molecule has 0 fully saturated rings. The number of hydrogen-bond donors (Lipinski definition) is 2. The van der Waals surface area contributed by atoms with Crippen LogP contribution in [0.15, 0.2) is 36.4 Å². The topological polar surface area (TPSA) is 32.3 Å². The third kappa shape index (κ3) is 3.95. The molecule has 0 aromatic heterocycles. The van der Waals surface area contributed by atoms with Gasteiger partial charge in [0.2, 0.25) is 0 Å². The van der Waals surface area contributed by atoms with E-state index in [2.05, 4.69) is 5.32 Å². The lowest BCUT2D eigenvalue weighted by Crippen LogP contribution is -2.19. The average Bonchev–Trinajstić information content (AvgIpc) is 2.49. The van der Waals surface area contributed by atoms with Gasteiger partial charge in [0.05, 0.1) is 11.6 Å². The minimum Gasteiger partial charge on any atom is -0.392 e. The second-order valence-electron chi connectivity index (χ2n) is 4.84. The Balaban J connectivity index is 2.11. The second-order valence-corrected chi connectivity index (χ2v) is 5.62. The Morgan fingerprint density at radius 1 is 1.19 bits per heavy atom. The molecule has 0 heterocycles. The summed E-state index contributed by atoms with van der Waals surface area (Å²) in [6.07, 6.45) is 0. The molecule has 1 atom stereocenters. The summed E-state index contributed by atoms with van der Waals surface area (Å²) in [6.45, 7) is 2.45. The van der Waals surface area contributed by atoms with Crippen LogP contribution in [0.2, 0.25) is 10.0 Å². The Hall–Kier alpha value is -1.13. The first-order valence-corrected chi connectivity index (χ1v) is 7.34. The van der Waals surface area contributed by atoms with Crippen LogP contribution in [0.1, 0.15) is 29.7 Å². The van der Waals surface area contributed by atoms with Crippen molar-refractivity contribution in [1.82, 2.24) is 5.32 Å². The van der Waals surface area contributed by atoms with Crippen LogP contribution in [0.3, 0.4) is 0 Å². The van der Waals surface area contributed by atoms with Crippen LogP contribution in [0.5, 0.6) is 0 Å². The first kappa shape index (κ1) is 16.2. The summed E-state index contributed by atoms with van der Waals surface area (Å²) < 4.78 is 13.5. The van der Waals surface area contributed by atoms with E-state index in [1.165, 1.54) is 12.1 Å². The Labute approximate surface area is 133 Å². The van der Waals surface area contributed by atoms with E-state index in [4.69, 9.17) is 28.3 Å². The fraction of sp³-hybridized carbons (Fsp3) is 0.250. The number of rotatable bonds is 5. The van der Waals surface area contributed by atoms with E-state index in [1.54, 1.807) is 0 Å². The van der Waals surface area contributed by atoms with E-state index in [-0.39, 0.29) is 17.7 Å². The van der Waals surface area contributed by atoms with Gasteiger partial charge in [-0.2, -0.15) is 0 Å². The Bertz CT molecular complexity index is 634. The van der Waals surface area contributed by atoms with Crippen LogP contribution >= 0.6 is 23.2 Å². The SMILES string of the molecule is CC(NCc1cccc(CO)c1)c1c(Cl)ccc(F)c1Cl. The van der Waals surface area contributed by atoms with Crippen LogP contribution in [0, 0.1) is 5.82 Å². The van der Waals surface area contributed by atoms with Crippen LogP contribution in [0.25, 0.3) is 0 Å². The van der Waals surface area contributed by atoms with Crippen molar-refractivity contribution in [2.24, 2.45) is 0 Å². The molecule has 2 N–H and O–H groups in total. The zero-order valence-electron chi connectivity index (χ0n) is 11.5. The molecule has 2 rings (SSSR count). The van der Waals surface area contributed by atoms with Crippen molar-refractivity contribution in [2.75, 3.05) is 0 Å². The highest BCUT2D eigenvalue weighted by molar-refractivity contribution is 6.36. The van der Waals surface area contributed by atoms with E-state index >= 15 is 0 Å². The number of aliphatic hydroxyl groups excluding tert-OH is 1. The summed E-state index contributed by atoms with van der Waals surface area (Å²) in [5, 5.41) is 12.9. The van der Waals surface area contributed by atoms with Gasteiger partial charge in [-0.05, 0) is 30.2 Å². The molecule has 2 aromatic carbocycles. The molecule has 2 nitrogen and oxygen atoms in total. The Morgan fingerprint density at radius 3 is 2.62 bits per heavy atom. The van der Waals surface area contributed by atoms with Crippen molar-refractivity contribution in [1.29, 1.82) is 0 Å². The summed E-state index contributed by atoms with van der Waals surface area (Å²) in [5.41, 5.74) is 2.43. The lowest BCUT2D eigenvalue weighted by atomic mass is 10.1. The molecule has 0 amide bonds. The summed E-state index contributed by atoms with van der Waals surface area (Å²) in [5.74, 6) is -0.480. The van der Waals surface area contributed by atoms with Crippen molar-refractivity contribution in [3.05, 3.63) is 69.0 Å². The average molecular weight is 328 g/mol. The molecule has 0 aliphatic rings. The second kappa shape index (κ2) is 7.23. The van der Waals surface area contributed by atoms with Gasteiger partial charge in [0.25, 0.3) is 0 Å². The maximum absolute atomic E-state index is 13.5. The summed E-state index contributed by atoms with van der Waals surface area (Å²) >= 11 is 12.1. The van der Waals surface area contributed by atoms with Gasteiger partial charge in [0.1, 0.15) is 5.82 Å². The quantitative estimate of drug-likeness (QED) is 0.794. The first-order valence-electron chi connectivity index (χ1n) is 6.58. The maximum atomic E-state index is 13.5. The van der Waals surface area contributed by atoms with Gasteiger partial charge in [-0.25, -0.2) is 4.39 Å². The van der Waals surface area contributed by atoms with Gasteiger partial charge >= 0.3 is 0 Å². The molecule has 0 aliphatic carbocycles. The summed E-state index contributed by atoms with van der Waals surface area (Å²) in [6, 6.07) is 10.2. The van der Waals surface area contributed by atoms with Crippen molar-refractivity contribution in [3.8, 4) is 0 Å². The molecule has 0 bridgehead atoms. The smallest absolute Gasteiger partial charge is 0.142 e. The molecule has 5 heteroatoms. The van der Waals surface area contributed by atoms with Gasteiger partial charge in [0.15, 0.2) is 0 Å². The number of hydrogen-bond acceptors (Lipinski definition) is 2. The summed E-state index contributed by atoms with van der Waals surface area (Å²) in [7, 11) is 0. The molecular weight excluding hydrogens is 312 g/mol. The number of aliphatic hydroxyl groups is 1. The maximum Gasteiger partial charge on any atom is 0.142 e. The number of halogens is 3. The Morgan fingerprint density at radius 2 is 1.90 bits per heavy atom. The normalized spacial score (nSPS) is 12.4. The predicted octanol–water partition coefficient (Wildman–Crippen LogP) is 4.48. The molecule has 21 heavy (non-hydrogen) atoms. The largest absolute Gasteiger partial charge is 0.392 e. The highest BCUT2D eigenvalue weighted by Gasteiger charge is 2.16. The lowest BCUT2D eigenvalue weighted by molar-refractivity contribution is 0.281. The zero-order chi connectivity index (χ0) is 15.4. The minimum atomic E-state index is -0.480. The van der Waals surface area contributed by atoms with E-state index in [0.29, 0.717) is 17.1 Å². The van der Waals surface area contributed by atoms with Gasteiger partial charge in [-0.3, -0.25) is 0 Å². The molecule has 0 saturated heterocycles. The standard InChI is InChI=1S/C16H16Cl2FNO/c1-10(15-13(17)5-6-14(19)16(15)18)20-8-11-3-2-4-12(7-11)9-21/h2-7,10,20-21H,8-9H2,1H3.